The molecule has 0 bridgehead atoms. The van der Waals surface area contributed by atoms with E-state index in [1.807, 2.05) is 19.1 Å². The van der Waals surface area contributed by atoms with Crippen LogP contribution in [0.5, 0.6) is 5.75 Å². The van der Waals surface area contributed by atoms with Crippen LogP contribution in [0.3, 0.4) is 0 Å². The number of benzene rings is 2. The standard InChI is InChI=1S/C23H28N2O5/c1-14(2)20(25-22(27)17-8-12-19(29-5)13-9-17)23(28)30-16(4)21(26)24-18-10-6-15(3)7-11-18/h6-14,16,20H,1-5H3,(H,24,26)(H,25,27)/t16-,20-/m0/s1. The molecule has 2 rings (SSSR count). The van der Waals surface area contributed by atoms with Crippen molar-refractivity contribution in [2.24, 2.45) is 5.92 Å². The highest BCUT2D eigenvalue weighted by molar-refractivity contribution is 5.98. The van der Waals surface area contributed by atoms with Gasteiger partial charge in [0.05, 0.1) is 7.11 Å². The lowest BCUT2D eigenvalue weighted by molar-refractivity contribution is -0.156. The largest absolute Gasteiger partial charge is 0.497 e. The lowest BCUT2D eigenvalue weighted by Gasteiger charge is -2.23. The molecule has 0 unspecified atom stereocenters. The van der Waals surface area contributed by atoms with Crippen molar-refractivity contribution in [3.63, 3.8) is 0 Å². The minimum Gasteiger partial charge on any atom is -0.497 e. The molecule has 0 saturated heterocycles. The molecule has 2 aromatic carbocycles. The van der Waals surface area contributed by atoms with E-state index in [0.29, 0.717) is 17.0 Å². The monoisotopic (exact) mass is 412 g/mol. The molecular formula is C23H28N2O5. The van der Waals surface area contributed by atoms with Crippen LogP contribution >= 0.6 is 0 Å². The van der Waals surface area contributed by atoms with Gasteiger partial charge >= 0.3 is 5.97 Å². The van der Waals surface area contributed by atoms with Gasteiger partial charge in [0.1, 0.15) is 11.8 Å². The maximum absolute atomic E-state index is 12.6. The predicted octanol–water partition coefficient (Wildman–Crippen LogP) is 3.33. The van der Waals surface area contributed by atoms with E-state index in [9.17, 15) is 14.4 Å². The van der Waals surface area contributed by atoms with E-state index in [-0.39, 0.29) is 5.92 Å². The summed E-state index contributed by atoms with van der Waals surface area (Å²) < 4.78 is 10.4. The fourth-order valence-corrected chi connectivity index (χ4v) is 2.65. The van der Waals surface area contributed by atoms with Crippen LogP contribution in [-0.2, 0) is 14.3 Å². The number of amides is 2. The highest BCUT2D eigenvalue weighted by Crippen LogP contribution is 2.14. The molecule has 7 heteroatoms. The molecule has 160 valence electrons. The molecule has 0 spiro atoms. The van der Waals surface area contributed by atoms with Crippen LogP contribution in [-0.4, -0.2) is 37.0 Å². The number of hydrogen-bond donors (Lipinski definition) is 2. The van der Waals surface area contributed by atoms with Crippen LogP contribution in [0.4, 0.5) is 5.69 Å². The van der Waals surface area contributed by atoms with E-state index in [4.69, 9.17) is 9.47 Å². The Morgan fingerprint density at radius 2 is 1.50 bits per heavy atom. The lowest BCUT2D eigenvalue weighted by atomic mass is 10.0. The minimum absolute atomic E-state index is 0.230. The van der Waals surface area contributed by atoms with Gasteiger partial charge in [0, 0.05) is 11.3 Å². The second-order valence-electron chi connectivity index (χ2n) is 7.36. The highest BCUT2D eigenvalue weighted by atomic mass is 16.5. The summed E-state index contributed by atoms with van der Waals surface area (Å²) in [7, 11) is 1.54. The van der Waals surface area contributed by atoms with E-state index in [1.54, 1.807) is 50.2 Å². The summed E-state index contributed by atoms with van der Waals surface area (Å²) in [5.41, 5.74) is 2.07. The Kier molecular flexibility index (Phi) is 7.98. The zero-order chi connectivity index (χ0) is 22.3. The second kappa shape index (κ2) is 10.4. The average molecular weight is 412 g/mol. The van der Waals surface area contributed by atoms with Crippen molar-refractivity contribution < 1.29 is 23.9 Å². The molecule has 0 fully saturated rings. The van der Waals surface area contributed by atoms with Crippen LogP contribution in [0.1, 0.15) is 36.7 Å². The van der Waals surface area contributed by atoms with Crippen molar-refractivity contribution in [2.45, 2.75) is 39.8 Å². The number of anilines is 1. The summed E-state index contributed by atoms with van der Waals surface area (Å²) >= 11 is 0. The first-order valence-corrected chi connectivity index (χ1v) is 9.74. The molecule has 0 radical (unpaired) electrons. The van der Waals surface area contributed by atoms with Crippen LogP contribution < -0.4 is 15.4 Å². The Balaban J connectivity index is 1.98. The van der Waals surface area contributed by atoms with Gasteiger partial charge in [-0.1, -0.05) is 31.5 Å². The summed E-state index contributed by atoms with van der Waals surface area (Å²) in [6.07, 6.45) is -1.02. The normalized spacial score (nSPS) is 12.6. The topological polar surface area (TPSA) is 93.7 Å². The summed E-state index contributed by atoms with van der Waals surface area (Å²) in [5.74, 6) is -1.13. The fourth-order valence-electron chi connectivity index (χ4n) is 2.65. The van der Waals surface area contributed by atoms with Crippen LogP contribution in [0, 0.1) is 12.8 Å². The van der Waals surface area contributed by atoms with Gasteiger partial charge < -0.3 is 20.1 Å². The van der Waals surface area contributed by atoms with Gasteiger partial charge in [-0.05, 0) is 56.2 Å². The molecule has 2 N–H and O–H groups in total. The third-order valence-corrected chi connectivity index (χ3v) is 4.54. The van der Waals surface area contributed by atoms with E-state index in [1.165, 1.54) is 14.0 Å². The molecule has 2 atom stereocenters. The molecule has 2 amide bonds. The van der Waals surface area contributed by atoms with Crippen LogP contribution in [0.25, 0.3) is 0 Å². The highest BCUT2D eigenvalue weighted by Gasteiger charge is 2.29. The van der Waals surface area contributed by atoms with Gasteiger partial charge in [0.2, 0.25) is 0 Å². The van der Waals surface area contributed by atoms with Crippen molar-refractivity contribution >= 4 is 23.5 Å². The Morgan fingerprint density at radius 1 is 0.900 bits per heavy atom. The summed E-state index contributed by atoms with van der Waals surface area (Å²) in [6.45, 7) is 7.01. The van der Waals surface area contributed by atoms with E-state index in [2.05, 4.69) is 10.6 Å². The van der Waals surface area contributed by atoms with Gasteiger partial charge in [-0.15, -0.1) is 0 Å². The number of nitrogens with one attached hydrogen (secondary N) is 2. The van der Waals surface area contributed by atoms with Gasteiger partial charge in [0.15, 0.2) is 6.10 Å². The van der Waals surface area contributed by atoms with Crippen molar-refractivity contribution in [1.29, 1.82) is 0 Å². The first-order chi connectivity index (χ1) is 14.2. The molecule has 0 aliphatic heterocycles. The van der Waals surface area contributed by atoms with Gasteiger partial charge in [0.25, 0.3) is 11.8 Å². The van der Waals surface area contributed by atoms with Crippen molar-refractivity contribution in [3.8, 4) is 5.75 Å². The number of carbonyl (C=O) groups excluding carboxylic acids is 3. The maximum atomic E-state index is 12.6. The third-order valence-electron chi connectivity index (χ3n) is 4.54. The Labute approximate surface area is 176 Å². The van der Waals surface area contributed by atoms with Crippen molar-refractivity contribution in [3.05, 3.63) is 59.7 Å². The summed E-state index contributed by atoms with van der Waals surface area (Å²) in [4.78, 5) is 37.5. The average Bonchev–Trinajstić information content (AvgIpc) is 2.73. The van der Waals surface area contributed by atoms with Gasteiger partial charge in [-0.2, -0.15) is 0 Å². The van der Waals surface area contributed by atoms with Crippen LogP contribution in [0.2, 0.25) is 0 Å². The summed E-state index contributed by atoms with van der Waals surface area (Å²) in [5, 5.41) is 5.39. The number of ether oxygens (including phenoxy) is 2. The Bertz CT molecular complexity index is 875. The first kappa shape index (κ1) is 22.9. The second-order valence-corrected chi connectivity index (χ2v) is 7.36. The molecule has 7 nitrogen and oxygen atoms in total. The molecule has 30 heavy (non-hydrogen) atoms. The smallest absolute Gasteiger partial charge is 0.329 e. The summed E-state index contributed by atoms with van der Waals surface area (Å²) in [6, 6.07) is 12.9. The van der Waals surface area contributed by atoms with E-state index in [0.717, 1.165) is 5.56 Å². The van der Waals surface area contributed by atoms with Crippen LogP contribution in [0.15, 0.2) is 48.5 Å². The molecule has 0 aromatic heterocycles. The Hall–Kier alpha value is -3.35. The molecule has 0 heterocycles. The van der Waals surface area contributed by atoms with E-state index < -0.39 is 29.9 Å². The quantitative estimate of drug-likeness (QED) is 0.649. The number of esters is 1. The van der Waals surface area contributed by atoms with E-state index >= 15 is 0 Å². The number of carbonyl (C=O) groups is 3. The number of rotatable bonds is 8. The zero-order valence-corrected chi connectivity index (χ0v) is 17.9. The number of hydrogen-bond acceptors (Lipinski definition) is 5. The predicted molar refractivity (Wildman–Crippen MR) is 114 cm³/mol. The first-order valence-electron chi connectivity index (χ1n) is 9.74. The molecular weight excluding hydrogens is 384 g/mol. The van der Waals surface area contributed by atoms with Crippen molar-refractivity contribution in [1.82, 2.24) is 5.32 Å². The molecule has 0 saturated carbocycles. The number of aryl methyl sites for hydroxylation is 1. The minimum atomic E-state index is -1.02. The third kappa shape index (κ3) is 6.34. The maximum Gasteiger partial charge on any atom is 0.329 e. The number of methoxy groups -OCH3 is 1. The molecule has 2 aromatic rings. The lowest BCUT2D eigenvalue weighted by Crippen LogP contribution is -2.47. The van der Waals surface area contributed by atoms with Gasteiger partial charge in [-0.3, -0.25) is 9.59 Å². The van der Waals surface area contributed by atoms with Crippen molar-refractivity contribution in [2.75, 3.05) is 12.4 Å². The fraction of sp³-hybridized carbons (Fsp3) is 0.348. The molecule has 0 aliphatic rings. The van der Waals surface area contributed by atoms with Gasteiger partial charge in [-0.25, -0.2) is 4.79 Å². The Morgan fingerprint density at radius 3 is 2.03 bits per heavy atom. The molecule has 0 aliphatic carbocycles. The zero-order valence-electron chi connectivity index (χ0n) is 17.9. The SMILES string of the molecule is COc1ccc(C(=O)N[C@H](C(=O)O[C@@H](C)C(=O)Nc2ccc(C)cc2)C(C)C)cc1.